The Morgan fingerprint density at radius 3 is 2.57 bits per heavy atom. The first-order chi connectivity index (χ1) is 6.36. The van der Waals surface area contributed by atoms with Crippen molar-refractivity contribution >= 4 is 28.7 Å². The van der Waals surface area contributed by atoms with Gasteiger partial charge in [0.25, 0.3) is 0 Å². The van der Waals surface area contributed by atoms with Crippen molar-refractivity contribution < 1.29 is 0 Å². The quantitative estimate of drug-likeness (QED) is 0.808. The number of rotatable bonds is 2. The first-order valence-electron chi connectivity index (χ1n) is 4.43. The number of hydrogen-bond acceptors (Lipinski definition) is 2. The van der Waals surface area contributed by atoms with E-state index in [2.05, 4.69) is 47.6 Å². The monoisotopic (exact) mass is 271 g/mol. The molecule has 0 amide bonds. The van der Waals surface area contributed by atoms with Crippen molar-refractivity contribution in [1.29, 1.82) is 0 Å². The van der Waals surface area contributed by atoms with Gasteiger partial charge in [0.2, 0.25) is 0 Å². The van der Waals surface area contributed by atoms with Crippen LogP contribution in [0, 0.1) is 0 Å². The molecule has 1 nitrogen and oxygen atoms in total. The van der Waals surface area contributed by atoms with Crippen LogP contribution in [-0.2, 0) is 6.54 Å². The van der Waals surface area contributed by atoms with Gasteiger partial charge in [0, 0.05) is 12.2 Å². The van der Waals surface area contributed by atoms with Gasteiger partial charge in [-0.3, -0.25) is 0 Å². The fourth-order valence-electron chi connectivity index (χ4n) is 1.40. The smallest absolute Gasteiger partial charge is 0.0681 e. The van der Waals surface area contributed by atoms with Crippen LogP contribution >= 0.6 is 28.7 Å². The Hall–Kier alpha value is -0.410. The van der Waals surface area contributed by atoms with E-state index >= 15 is 0 Å². The van der Waals surface area contributed by atoms with Crippen LogP contribution in [0.25, 0.3) is 0 Å². The molecule has 76 valence electrons. The van der Waals surface area contributed by atoms with Gasteiger partial charge in [0.1, 0.15) is 0 Å². The Labute approximate surface area is 100.0 Å². The average Bonchev–Trinajstić information content (AvgIpc) is 2.54. The molecule has 0 aliphatic carbocycles. The van der Waals surface area contributed by atoms with E-state index in [4.69, 9.17) is 0 Å². The summed E-state index contributed by atoms with van der Waals surface area (Å²) in [6.07, 6.45) is 0. The van der Waals surface area contributed by atoms with E-state index in [0.717, 1.165) is 12.4 Å². The molecule has 14 heavy (non-hydrogen) atoms. The second kappa shape index (κ2) is 5.47. The summed E-state index contributed by atoms with van der Waals surface area (Å²) < 4.78 is 0. The van der Waals surface area contributed by atoms with Crippen LogP contribution in [0.1, 0.15) is 12.5 Å². The standard InChI is InChI=1S/C11H13NS.BrH/c1-10-8-13-9-12(10)7-11-5-3-2-4-6-11;/h2-6,8H,7,9H2,1H3;1H. The zero-order valence-corrected chi connectivity index (χ0v) is 10.7. The molecule has 0 N–H and O–H groups in total. The molecule has 2 rings (SSSR count). The first-order valence-corrected chi connectivity index (χ1v) is 5.48. The molecule has 1 aliphatic rings. The topological polar surface area (TPSA) is 3.24 Å². The summed E-state index contributed by atoms with van der Waals surface area (Å²) in [5.74, 6) is 1.10. The highest BCUT2D eigenvalue weighted by atomic mass is 79.9. The van der Waals surface area contributed by atoms with Gasteiger partial charge in [-0.25, -0.2) is 0 Å². The van der Waals surface area contributed by atoms with Gasteiger partial charge >= 0.3 is 0 Å². The Bertz CT molecular complexity index is 310. The number of allylic oxidation sites excluding steroid dienone is 1. The summed E-state index contributed by atoms with van der Waals surface area (Å²) in [5.41, 5.74) is 2.77. The van der Waals surface area contributed by atoms with Gasteiger partial charge in [0.15, 0.2) is 0 Å². The molecule has 0 aromatic heterocycles. The van der Waals surface area contributed by atoms with Crippen LogP contribution in [0.2, 0.25) is 0 Å². The summed E-state index contributed by atoms with van der Waals surface area (Å²) in [7, 11) is 0. The highest BCUT2D eigenvalue weighted by Gasteiger charge is 2.10. The SMILES string of the molecule is Br.CC1=CSCN1Cc1ccccc1. The highest BCUT2D eigenvalue weighted by molar-refractivity contribution is 8.93. The van der Waals surface area contributed by atoms with E-state index in [1.54, 1.807) is 0 Å². The lowest BCUT2D eigenvalue weighted by Crippen LogP contribution is -2.16. The summed E-state index contributed by atoms with van der Waals surface area (Å²) in [5, 5.41) is 2.23. The van der Waals surface area contributed by atoms with Crippen molar-refractivity contribution in [2.75, 3.05) is 5.88 Å². The molecule has 3 heteroatoms. The lowest BCUT2D eigenvalue weighted by Gasteiger charge is -2.18. The fourth-order valence-corrected chi connectivity index (χ4v) is 2.34. The lowest BCUT2D eigenvalue weighted by molar-refractivity contribution is 0.405. The molecule has 0 atom stereocenters. The van der Waals surface area contributed by atoms with E-state index in [9.17, 15) is 0 Å². The van der Waals surface area contributed by atoms with Gasteiger partial charge in [-0.15, -0.1) is 28.7 Å². The molecule has 0 fully saturated rings. The van der Waals surface area contributed by atoms with Crippen molar-refractivity contribution in [3.05, 3.63) is 47.0 Å². The molecule has 1 heterocycles. The summed E-state index contributed by atoms with van der Waals surface area (Å²) >= 11 is 1.87. The maximum Gasteiger partial charge on any atom is 0.0681 e. The van der Waals surface area contributed by atoms with Gasteiger partial charge in [-0.1, -0.05) is 30.3 Å². The minimum atomic E-state index is 0. The molecule has 1 aliphatic heterocycles. The normalized spacial score (nSPS) is 14.9. The second-order valence-electron chi connectivity index (χ2n) is 3.24. The van der Waals surface area contributed by atoms with E-state index in [1.807, 2.05) is 11.8 Å². The van der Waals surface area contributed by atoms with Gasteiger partial charge in [-0.05, 0) is 17.9 Å². The fraction of sp³-hybridized carbons (Fsp3) is 0.273. The van der Waals surface area contributed by atoms with Crippen LogP contribution in [-0.4, -0.2) is 10.8 Å². The van der Waals surface area contributed by atoms with Crippen LogP contribution < -0.4 is 0 Å². The zero-order chi connectivity index (χ0) is 9.10. The minimum Gasteiger partial charge on any atom is -0.361 e. The van der Waals surface area contributed by atoms with Crippen molar-refractivity contribution in [2.45, 2.75) is 13.5 Å². The molecular formula is C11H14BrNS. The van der Waals surface area contributed by atoms with Crippen LogP contribution in [0.3, 0.4) is 0 Å². The Morgan fingerprint density at radius 1 is 1.29 bits per heavy atom. The van der Waals surface area contributed by atoms with Crippen molar-refractivity contribution in [2.24, 2.45) is 0 Å². The predicted octanol–water partition coefficient (Wildman–Crippen LogP) is 3.63. The molecule has 0 saturated carbocycles. The lowest BCUT2D eigenvalue weighted by atomic mass is 10.2. The summed E-state index contributed by atoms with van der Waals surface area (Å²) in [6, 6.07) is 10.6. The van der Waals surface area contributed by atoms with Gasteiger partial charge in [0.05, 0.1) is 5.88 Å². The number of thioether (sulfide) groups is 1. The molecule has 1 aromatic carbocycles. The molecule has 0 unspecified atom stereocenters. The molecule has 0 spiro atoms. The Balaban J connectivity index is 0.000000980. The first kappa shape index (κ1) is 11.7. The largest absolute Gasteiger partial charge is 0.361 e. The third kappa shape index (κ3) is 2.79. The van der Waals surface area contributed by atoms with Gasteiger partial charge < -0.3 is 4.90 Å². The van der Waals surface area contributed by atoms with Crippen molar-refractivity contribution in [3.63, 3.8) is 0 Å². The number of hydrogen-bond donors (Lipinski definition) is 0. The Morgan fingerprint density at radius 2 is 2.00 bits per heavy atom. The molecule has 0 bridgehead atoms. The van der Waals surface area contributed by atoms with E-state index in [1.165, 1.54) is 11.3 Å². The van der Waals surface area contributed by atoms with E-state index < -0.39 is 0 Å². The highest BCUT2D eigenvalue weighted by Crippen LogP contribution is 2.24. The van der Waals surface area contributed by atoms with Crippen molar-refractivity contribution in [3.8, 4) is 0 Å². The van der Waals surface area contributed by atoms with E-state index in [0.29, 0.717) is 0 Å². The minimum absolute atomic E-state index is 0. The second-order valence-corrected chi connectivity index (χ2v) is 4.07. The predicted molar refractivity (Wildman–Crippen MR) is 68.5 cm³/mol. The maximum absolute atomic E-state index is 2.39. The summed E-state index contributed by atoms with van der Waals surface area (Å²) in [6.45, 7) is 3.21. The van der Waals surface area contributed by atoms with E-state index in [-0.39, 0.29) is 17.0 Å². The third-order valence-electron chi connectivity index (χ3n) is 2.20. The average molecular weight is 272 g/mol. The molecule has 1 aromatic rings. The molecular weight excluding hydrogens is 258 g/mol. The number of nitrogens with zero attached hydrogens (tertiary/aromatic N) is 1. The molecule has 0 radical (unpaired) electrons. The van der Waals surface area contributed by atoms with Crippen LogP contribution in [0.4, 0.5) is 0 Å². The third-order valence-corrected chi connectivity index (χ3v) is 3.17. The van der Waals surface area contributed by atoms with Crippen molar-refractivity contribution in [1.82, 2.24) is 4.90 Å². The van der Waals surface area contributed by atoms with Crippen LogP contribution in [0.5, 0.6) is 0 Å². The van der Waals surface area contributed by atoms with Gasteiger partial charge in [-0.2, -0.15) is 0 Å². The molecule has 0 saturated heterocycles. The zero-order valence-electron chi connectivity index (χ0n) is 8.14. The number of benzene rings is 1. The number of halogens is 1. The maximum atomic E-state index is 2.39. The summed E-state index contributed by atoms with van der Waals surface area (Å²) in [4.78, 5) is 2.39. The Kier molecular flexibility index (Phi) is 4.55. The van der Waals surface area contributed by atoms with Crippen LogP contribution in [0.15, 0.2) is 41.4 Å².